The van der Waals surface area contributed by atoms with Crippen LogP contribution in [0.15, 0.2) is 47.9 Å². The monoisotopic (exact) mass is 367 g/mol. The summed E-state index contributed by atoms with van der Waals surface area (Å²) in [5, 5.41) is 0. The van der Waals surface area contributed by atoms with Crippen LogP contribution in [-0.2, 0) is 6.42 Å². The maximum absolute atomic E-state index is 4.66. The van der Waals surface area contributed by atoms with Gasteiger partial charge in [0.25, 0.3) is 0 Å². The predicted octanol–water partition coefficient (Wildman–Crippen LogP) is 3.13. The van der Waals surface area contributed by atoms with E-state index in [-0.39, 0.29) is 0 Å². The van der Waals surface area contributed by atoms with E-state index >= 15 is 0 Å². The molecule has 2 heterocycles. The Morgan fingerprint density at radius 2 is 2.15 bits per heavy atom. The minimum absolute atomic E-state index is 0.393. The van der Waals surface area contributed by atoms with Gasteiger partial charge in [-0.15, -0.1) is 0 Å². The number of allylic oxidation sites excluding steroid dienone is 1. The van der Waals surface area contributed by atoms with E-state index in [1.807, 2.05) is 24.5 Å². The number of aryl methyl sites for hydroxylation is 1. The standard InChI is InChI=1S/C22H33N5/c1-18(23-12-10-19(2)27-15-13-25(3)14-16-27)17-26(4)21-9-5-7-20-8-6-11-24-22(20)21/h6,8,10-12,21H,2,5,7,9,13-17H2,1,3-4H3/b12-10-,23-18?. The molecule has 1 atom stereocenters. The first-order valence-electron chi connectivity index (χ1n) is 10.0. The van der Waals surface area contributed by atoms with Crippen molar-refractivity contribution in [2.75, 3.05) is 46.8 Å². The van der Waals surface area contributed by atoms with Crippen molar-refractivity contribution < 1.29 is 0 Å². The molecule has 3 rings (SSSR count). The van der Waals surface area contributed by atoms with E-state index in [0.717, 1.165) is 50.6 Å². The fourth-order valence-electron chi connectivity index (χ4n) is 3.98. The lowest BCUT2D eigenvalue weighted by Crippen LogP contribution is -2.43. The number of hydrogen-bond acceptors (Lipinski definition) is 5. The van der Waals surface area contributed by atoms with Crippen LogP contribution in [0.4, 0.5) is 0 Å². The average Bonchev–Trinajstić information content (AvgIpc) is 2.68. The average molecular weight is 368 g/mol. The van der Waals surface area contributed by atoms with Gasteiger partial charge in [0.05, 0.1) is 11.7 Å². The topological polar surface area (TPSA) is 35.0 Å². The minimum atomic E-state index is 0.393. The quantitative estimate of drug-likeness (QED) is 0.572. The normalized spacial score (nSPS) is 21.7. The van der Waals surface area contributed by atoms with Gasteiger partial charge in [-0.3, -0.25) is 14.9 Å². The van der Waals surface area contributed by atoms with Crippen molar-refractivity contribution in [3.8, 4) is 0 Å². The summed E-state index contributed by atoms with van der Waals surface area (Å²) in [5.74, 6) is 0. The lowest BCUT2D eigenvalue weighted by atomic mass is 9.91. The summed E-state index contributed by atoms with van der Waals surface area (Å²) in [6, 6.07) is 4.66. The van der Waals surface area contributed by atoms with Crippen LogP contribution < -0.4 is 0 Å². The van der Waals surface area contributed by atoms with Crippen LogP contribution in [0.3, 0.4) is 0 Å². The molecule has 1 unspecified atom stereocenters. The molecule has 5 heteroatoms. The van der Waals surface area contributed by atoms with E-state index in [4.69, 9.17) is 0 Å². The number of hydrogen-bond donors (Lipinski definition) is 0. The van der Waals surface area contributed by atoms with E-state index < -0.39 is 0 Å². The summed E-state index contributed by atoms with van der Waals surface area (Å²) in [6.07, 6.45) is 9.40. The van der Waals surface area contributed by atoms with Gasteiger partial charge in [-0.2, -0.15) is 0 Å². The van der Waals surface area contributed by atoms with Crippen LogP contribution in [-0.4, -0.2) is 72.2 Å². The number of likely N-dealkylation sites (N-methyl/N-ethyl adjacent to an activating group) is 1. The maximum Gasteiger partial charge on any atom is 0.0607 e. The molecule has 1 saturated heterocycles. The van der Waals surface area contributed by atoms with E-state index in [1.54, 1.807) is 0 Å². The summed E-state index contributed by atoms with van der Waals surface area (Å²) in [7, 11) is 4.35. The second-order valence-electron chi connectivity index (χ2n) is 7.83. The van der Waals surface area contributed by atoms with Gasteiger partial charge in [-0.25, -0.2) is 0 Å². The van der Waals surface area contributed by atoms with E-state index in [0.29, 0.717) is 6.04 Å². The molecule has 1 aliphatic heterocycles. The summed E-state index contributed by atoms with van der Waals surface area (Å²) in [5.41, 5.74) is 4.82. The molecule has 2 aliphatic rings. The number of aromatic nitrogens is 1. The lowest BCUT2D eigenvalue weighted by Gasteiger charge is -2.34. The van der Waals surface area contributed by atoms with E-state index in [9.17, 15) is 0 Å². The molecule has 0 saturated carbocycles. The van der Waals surface area contributed by atoms with Crippen molar-refractivity contribution in [2.45, 2.75) is 32.2 Å². The molecule has 27 heavy (non-hydrogen) atoms. The molecule has 1 aliphatic carbocycles. The van der Waals surface area contributed by atoms with Gasteiger partial charge >= 0.3 is 0 Å². The molecular formula is C22H33N5. The summed E-state index contributed by atoms with van der Waals surface area (Å²) < 4.78 is 0. The van der Waals surface area contributed by atoms with Crippen molar-refractivity contribution in [2.24, 2.45) is 4.99 Å². The second kappa shape index (κ2) is 9.29. The Hall–Kier alpha value is -1.98. The van der Waals surface area contributed by atoms with Gasteiger partial charge in [0.15, 0.2) is 0 Å². The third kappa shape index (κ3) is 5.27. The zero-order valence-electron chi connectivity index (χ0n) is 17.1. The smallest absolute Gasteiger partial charge is 0.0607 e. The van der Waals surface area contributed by atoms with Gasteiger partial charge in [-0.05, 0) is 58.0 Å². The predicted molar refractivity (Wildman–Crippen MR) is 113 cm³/mol. The zero-order chi connectivity index (χ0) is 19.2. The molecule has 0 aromatic carbocycles. The summed E-state index contributed by atoms with van der Waals surface area (Å²) >= 11 is 0. The van der Waals surface area contributed by atoms with E-state index in [2.05, 4.69) is 58.3 Å². The van der Waals surface area contributed by atoms with Crippen LogP contribution in [0.1, 0.15) is 37.1 Å². The molecule has 1 aromatic heterocycles. The van der Waals surface area contributed by atoms with Gasteiger partial charge in [0.2, 0.25) is 0 Å². The zero-order valence-corrected chi connectivity index (χ0v) is 17.1. The number of piperazine rings is 1. The highest BCUT2D eigenvalue weighted by Gasteiger charge is 2.24. The minimum Gasteiger partial charge on any atom is -0.369 e. The highest BCUT2D eigenvalue weighted by molar-refractivity contribution is 5.84. The van der Waals surface area contributed by atoms with Gasteiger partial charge in [0, 0.05) is 56.5 Å². The fraction of sp³-hybridized carbons (Fsp3) is 0.545. The van der Waals surface area contributed by atoms with Crippen molar-refractivity contribution >= 4 is 5.71 Å². The summed E-state index contributed by atoms with van der Waals surface area (Å²) in [6.45, 7) is 11.4. The lowest BCUT2D eigenvalue weighted by molar-refractivity contribution is 0.190. The Kier molecular flexibility index (Phi) is 6.80. The van der Waals surface area contributed by atoms with Crippen molar-refractivity contribution in [3.63, 3.8) is 0 Å². The Balaban J connectivity index is 1.54. The van der Waals surface area contributed by atoms with Crippen LogP contribution in [0.5, 0.6) is 0 Å². The third-order valence-electron chi connectivity index (χ3n) is 5.65. The fourth-order valence-corrected chi connectivity index (χ4v) is 3.98. The van der Waals surface area contributed by atoms with Crippen molar-refractivity contribution in [1.29, 1.82) is 0 Å². The molecular weight excluding hydrogens is 334 g/mol. The first-order chi connectivity index (χ1) is 13.0. The molecule has 0 N–H and O–H groups in total. The molecule has 0 radical (unpaired) electrons. The maximum atomic E-state index is 4.66. The molecule has 5 nitrogen and oxygen atoms in total. The first-order valence-corrected chi connectivity index (χ1v) is 10.0. The van der Waals surface area contributed by atoms with Gasteiger partial charge < -0.3 is 9.80 Å². The molecule has 0 spiro atoms. The first kappa shape index (κ1) is 19.8. The number of nitrogens with zero attached hydrogens (tertiary/aromatic N) is 5. The highest BCUT2D eigenvalue weighted by Crippen LogP contribution is 2.31. The van der Waals surface area contributed by atoms with Crippen LogP contribution in [0, 0.1) is 0 Å². The Morgan fingerprint density at radius 1 is 1.37 bits per heavy atom. The van der Waals surface area contributed by atoms with Gasteiger partial charge in [-0.1, -0.05) is 12.6 Å². The van der Waals surface area contributed by atoms with Crippen LogP contribution >= 0.6 is 0 Å². The summed E-state index contributed by atoms with van der Waals surface area (Å²) in [4.78, 5) is 16.4. The molecule has 1 fully saturated rings. The number of rotatable bonds is 6. The van der Waals surface area contributed by atoms with Crippen LogP contribution in [0.25, 0.3) is 0 Å². The highest BCUT2D eigenvalue weighted by atomic mass is 15.2. The number of pyridine rings is 1. The number of aliphatic imine (C=N–C) groups is 1. The molecule has 1 aromatic rings. The van der Waals surface area contributed by atoms with E-state index in [1.165, 1.54) is 24.1 Å². The van der Waals surface area contributed by atoms with Crippen LogP contribution in [0.2, 0.25) is 0 Å². The Bertz CT molecular complexity index is 700. The Morgan fingerprint density at radius 3 is 2.93 bits per heavy atom. The second-order valence-corrected chi connectivity index (χ2v) is 7.83. The van der Waals surface area contributed by atoms with Crippen molar-refractivity contribution in [3.05, 3.63) is 54.1 Å². The SMILES string of the molecule is C=C(/C=C\N=C(C)CN(C)C1CCCc2cccnc21)N1CCN(C)CC1. The Labute approximate surface area is 164 Å². The van der Waals surface area contributed by atoms with Crippen molar-refractivity contribution in [1.82, 2.24) is 19.7 Å². The molecule has 0 amide bonds. The molecule has 0 bridgehead atoms. The largest absolute Gasteiger partial charge is 0.369 e. The van der Waals surface area contributed by atoms with Gasteiger partial charge in [0.1, 0.15) is 0 Å². The molecule has 146 valence electrons. The third-order valence-corrected chi connectivity index (χ3v) is 5.65. The number of fused-ring (bicyclic) bond motifs is 1.